The number of halogens is 2. The predicted molar refractivity (Wildman–Crippen MR) is 97.5 cm³/mol. The van der Waals surface area contributed by atoms with Crippen LogP contribution in [0.1, 0.15) is 11.1 Å². The van der Waals surface area contributed by atoms with Crippen molar-refractivity contribution in [2.75, 3.05) is 19.0 Å². The molecular weight excluding hydrogens is 365 g/mol. The molecule has 2 aromatic carbocycles. The molecule has 0 saturated heterocycles. The molecular formula is C18H17Cl2NO4. The highest BCUT2D eigenvalue weighted by molar-refractivity contribution is 6.31. The third-order valence-electron chi connectivity index (χ3n) is 3.38. The fourth-order valence-corrected chi connectivity index (χ4v) is 2.36. The second-order valence-electron chi connectivity index (χ2n) is 5.31. The number of benzene rings is 2. The Morgan fingerprint density at radius 2 is 1.80 bits per heavy atom. The Bertz CT molecular complexity index is 775. The summed E-state index contributed by atoms with van der Waals surface area (Å²) in [6.45, 7) is 1.42. The van der Waals surface area contributed by atoms with Crippen molar-refractivity contribution in [1.82, 2.24) is 0 Å². The first-order valence-corrected chi connectivity index (χ1v) is 8.18. The van der Waals surface area contributed by atoms with Gasteiger partial charge in [-0.05, 0) is 36.2 Å². The summed E-state index contributed by atoms with van der Waals surface area (Å²) in [5.41, 5.74) is 2.01. The van der Waals surface area contributed by atoms with Gasteiger partial charge in [-0.25, -0.2) is 0 Å². The molecule has 2 rings (SSSR count). The van der Waals surface area contributed by atoms with Gasteiger partial charge in [0, 0.05) is 16.1 Å². The molecule has 2 aromatic rings. The van der Waals surface area contributed by atoms with Crippen molar-refractivity contribution in [1.29, 1.82) is 0 Å². The maximum atomic E-state index is 12.0. The van der Waals surface area contributed by atoms with Gasteiger partial charge in [0.25, 0.3) is 5.91 Å². The number of hydrogen-bond acceptors (Lipinski definition) is 4. The van der Waals surface area contributed by atoms with Crippen LogP contribution in [0.5, 0.6) is 5.75 Å². The van der Waals surface area contributed by atoms with E-state index in [4.69, 9.17) is 32.7 Å². The molecule has 0 aliphatic heterocycles. The van der Waals surface area contributed by atoms with Crippen LogP contribution >= 0.6 is 23.2 Å². The standard InChI is InChI=1S/C18H17Cl2NO4/c1-11-7-15(16(24-2)9-14(11)20)21-17(22)10-25-18(23)8-12-3-5-13(19)6-4-12/h3-7,9H,8,10H2,1-2H3,(H,21,22). The molecule has 132 valence electrons. The molecule has 0 atom stereocenters. The third kappa shape index (κ3) is 5.66. The molecule has 0 heterocycles. The molecule has 1 amide bonds. The summed E-state index contributed by atoms with van der Waals surface area (Å²) in [4.78, 5) is 23.8. The number of amides is 1. The monoisotopic (exact) mass is 381 g/mol. The Kier molecular flexibility index (Phi) is 6.67. The Balaban J connectivity index is 1.89. The van der Waals surface area contributed by atoms with E-state index in [1.807, 2.05) is 6.92 Å². The Morgan fingerprint density at radius 3 is 2.44 bits per heavy atom. The van der Waals surface area contributed by atoms with E-state index in [0.29, 0.717) is 21.5 Å². The average Bonchev–Trinajstić information content (AvgIpc) is 2.58. The number of esters is 1. The molecule has 0 aliphatic rings. The zero-order valence-electron chi connectivity index (χ0n) is 13.8. The van der Waals surface area contributed by atoms with E-state index >= 15 is 0 Å². The van der Waals surface area contributed by atoms with E-state index in [0.717, 1.165) is 11.1 Å². The van der Waals surface area contributed by atoms with Crippen LogP contribution in [0, 0.1) is 6.92 Å². The van der Waals surface area contributed by atoms with Crippen molar-refractivity contribution >= 4 is 40.8 Å². The summed E-state index contributed by atoms with van der Waals surface area (Å²) >= 11 is 11.8. The lowest BCUT2D eigenvalue weighted by Crippen LogP contribution is -2.22. The molecule has 0 saturated carbocycles. The smallest absolute Gasteiger partial charge is 0.310 e. The number of carbonyl (C=O) groups is 2. The first-order valence-electron chi connectivity index (χ1n) is 7.43. The normalized spacial score (nSPS) is 10.2. The van der Waals surface area contributed by atoms with E-state index in [1.165, 1.54) is 7.11 Å². The van der Waals surface area contributed by atoms with Crippen LogP contribution in [-0.2, 0) is 20.7 Å². The summed E-state index contributed by atoms with van der Waals surface area (Å²) in [6.07, 6.45) is 0.0633. The van der Waals surface area contributed by atoms with Crippen molar-refractivity contribution in [3.05, 3.63) is 57.6 Å². The fourth-order valence-electron chi connectivity index (χ4n) is 2.08. The number of rotatable bonds is 6. The molecule has 0 aliphatic carbocycles. The van der Waals surface area contributed by atoms with Crippen LogP contribution in [0.15, 0.2) is 36.4 Å². The van der Waals surface area contributed by atoms with Gasteiger partial charge in [0.05, 0.1) is 19.2 Å². The molecule has 0 spiro atoms. The molecule has 0 bridgehead atoms. The molecule has 0 fully saturated rings. The van der Waals surface area contributed by atoms with E-state index in [2.05, 4.69) is 5.32 Å². The van der Waals surface area contributed by atoms with Crippen LogP contribution in [0.4, 0.5) is 5.69 Å². The van der Waals surface area contributed by atoms with Gasteiger partial charge in [0.1, 0.15) is 5.75 Å². The quantitative estimate of drug-likeness (QED) is 0.766. The minimum atomic E-state index is -0.503. The minimum Gasteiger partial charge on any atom is -0.495 e. The summed E-state index contributed by atoms with van der Waals surface area (Å²) in [6, 6.07) is 10.1. The van der Waals surface area contributed by atoms with Gasteiger partial charge in [-0.2, -0.15) is 0 Å². The lowest BCUT2D eigenvalue weighted by molar-refractivity contribution is -0.146. The number of methoxy groups -OCH3 is 1. The maximum absolute atomic E-state index is 12.0. The number of anilines is 1. The van der Waals surface area contributed by atoms with Crippen molar-refractivity contribution < 1.29 is 19.1 Å². The Hall–Kier alpha value is -2.24. The minimum absolute atomic E-state index is 0.0633. The number of nitrogens with one attached hydrogen (secondary N) is 1. The summed E-state index contributed by atoms with van der Waals surface area (Å²) in [5, 5.41) is 3.76. The summed E-state index contributed by atoms with van der Waals surface area (Å²) in [7, 11) is 1.47. The summed E-state index contributed by atoms with van der Waals surface area (Å²) < 4.78 is 10.2. The van der Waals surface area contributed by atoms with Crippen molar-refractivity contribution in [2.24, 2.45) is 0 Å². The summed E-state index contributed by atoms with van der Waals surface area (Å²) in [5.74, 6) is -0.544. The topological polar surface area (TPSA) is 64.6 Å². The molecule has 1 N–H and O–H groups in total. The average molecular weight is 382 g/mol. The fraction of sp³-hybridized carbons (Fsp3) is 0.222. The van der Waals surface area contributed by atoms with Gasteiger partial charge in [-0.15, -0.1) is 0 Å². The second kappa shape index (κ2) is 8.74. The first kappa shape index (κ1) is 19.1. The zero-order valence-corrected chi connectivity index (χ0v) is 15.3. The van der Waals surface area contributed by atoms with Gasteiger partial charge >= 0.3 is 5.97 Å². The van der Waals surface area contributed by atoms with Crippen molar-refractivity contribution in [3.63, 3.8) is 0 Å². The first-order chi connectivity index (χ1) is 11.9. The Labute approximate surface area is 155 Å². The predicted octanol–water partition coefficient (Wildman–Crippen LogP) is 4.03. The van der Waals surface area contributed by atoms with Gasteiger partial charge < -0.3 is 14.8 Å². The van der Waals surface area contributed by atoms with E-state index in [-0.39, 0.29) is 6.42 Å². The Morgan fingerprint density at radius 1 is 1.12 bits per heavy atom. The van der Waals surface area contributed by atoms with Crippen molar-refractivity contribution in [2.45, 2.75) is 13.3 Å². The van der Waals surface area contributed by atoms with Crippen molar-refractivity contribution in [3.8, 4) is 5.75 Å². The molecule has 0 unspecified atom stereocenters. The number of ether oxygens (including phenoxy) is 2. The number of aryl methyl sites for hydroxylation is 1. The van der Waals surface area contributed by atoms with Crippen LogP contribution in [0.25, 0.3) is 0 Å². The van der Waals surface area contributed by atoms with Crippen LogP contribution in [0.3, 0.4) is 0 Å². The highest BCUT2D eigenvalue weighted by Crippen LogP contribution is 2.30. The zero-order chi connectivity index (χ0) is 18.4. The van der Waals surface area contributed by atoms with Gasteiger partial charge in [-0.3, -0.25) is 9.59 Å². The lowest BCUT2D eigenvalue weighted by atomic mass is 10.1. The van der Waals surface area contributed by atoms with Crippen LogP contribution in [0.2, 0.25) is 10.0 Å². The molecule has 0 radical (unpaired) electrons. The van der Waals surface area contributed by atoms with E-state index in [9.17, 15) is 9.59 Å². The molecule has 5 nitrogen and oxygen atoms in total. The van der Waals surface area contributed by atoms with Gasteiger partial charge in [-0.1, -0.05) is 35.3 Å². The SMILES string of the molecule is COc1cc(Cl)c(C)cc1NC(=O)COC(=O)Cc1ccc(Cl)cc1. The number of hydrogen-bond donors (Lipinski definition) is 1. The molecule has 25 heavy (non-hydrogen) atoms. The van der Waals surface area contributed by atoms with Crippen LogP contribution < -0.4 is 10.1 Å². The van der Waals surface area contributed by atoms with Crippen LogP contribution in [-0.4, -0.2) is 25.6 Å². The third-order valence-corrected chi connectivity index (χ3v) is 4.04. The molecule has 0 aromatic heterocycles. The highest BCUT2D eigenvalue weighted by atomic mass is 35.5. The largest absolute Gasteiger partial charge is 0.495 e. The number of carbonyl (C=O) groups excluding carboxylic acids is 2. The van der Waals surface area contributed by atoms with E-state index < -0.39 is 18.5 Å². The van der Waals surface area contributed by atoms with Gasteiger partial charge in [0.15, 0.2) is 6.61 Å². The lowest BCUT2D eigenvalue weighted by Gasteiger charge is -2.12. The molecule has 7 heteroatoms. The second-order valence-corrected chi connectivity index (χ2v) is 6.16. The maximum Gasteiger partial charge on any atom is 0.310 e. The van der Waals surface area contributed by atoms with Gasteiger partial charge in [0.2, 0.25) is 0 Å². The van der Waals surface area contributed by atoms with E-state index in [1.54, 1.807) is 36.4 Å². The highest BCUT2D eigenvalue weighted by Gasteiger charge is 2.13.